The summed E-state index contributed by atoms with van der Waals surface area (Å²) in [5.74, 6) is 0. The molecule has 0 aromatic heterocycles. The summed E-state index contributed by atoms with van der Waals surface area (Å²) in [6.07, 6.45) is 0. The van der Waals surface area contributed by atoms with E-state index < -0.39 is 4.92 Å². The van der Waals surface area contributed by atoms with Crippen LogP contribution in [0.15, 0.2) is 15.0 Å². The summed E-state index contributed by atoms with van der Waals surface area (Å²) < 4.78 is 1.19. The van der Waals surface area contributed by atoms with Crippen molar-refractivity contribution < 1.29 is 4.92 Å². The predicted molar refractivity (Wildman–Crippen MR) is 57.6 cm³/mol. The van der Waals surface area contributed by atoms with Crippen LogP contribution in [-0.2, 0) is 0 Å². The molecule has 4 nitrogen and oxygen atoms in total. The quantitative estimate of drug-likeness (QED) is 0.492. The summed E-state index contributed by atoms with van der Waals surface area (Å²) >= 11 is 6.35. The van der Waals surface area contributed by atoms with E-state index in [0.29, 0.717) is 14.5 Å². The first-order valence-corrected chi connectivity index (χ1v) is 4.92. The van der Waals surface area contributed by atoms with E-state index in [4.69, 9.17) is 5.73 Å². The largest absolute Gasteiger partial charge is 0.392 e. The second-order valence-corrected chi connectivity index (χ2v) is 4.19. The summed E-state index contributed by atoms with van der Waals surface area (Å²) in [6.45, 7) is 1.64. The molecule has 0 spiro atoms. The van der Waals surface area contributed by atoms with Gasteiger partial charge in [-0.2, -0.15) is 0 Å². The van der Waals surface area contributed by atoms with E-state index in [0.717, 1.165) is 0 Å². The van der Waals surface area contributed by atoms with Gasteiger partial charge < -0.3 is 5.73 Å². The molecule has 0 saturated carbocycles. The second-order valence-electron chi connectivity index (χ2n) is 2.48. The van der Waals surface area contributed by atoms with E-state index in [9.17, 15) is 10.1 Å². The van der Waals surface area contributed by atoms with Crippen molar-refractivity contribution in [3.05, 3.63) is 30.7 Å². The highest BCUT2D eigenvalue weighted by Gasteiger charge is 2.20. The second kappa shape index (κ2) is 3.63. The Morgan fingerprint density at radius 2 is 2.00 bits per heavy atom. The van der Waals surface area contributed by atoms with Crippen LogP contribution < -0.4 is 5.73 Å². The lowest BCUT2D eigenvalue weighted by Crippen LogP contribution is -1.99. The van der Waals surface area contributed by atoms with Crippen molar-refractivity contribution in [3.63, 3.8) is 0 Å². The van der Waals surface area contributed by atoms with Gasteiger partial charge in [0.1, 0.15) is 5.69 Å². The Hall–Kier alpha value is -0.620. The molecule has 0 amide bonds. The van der Waals surface area contributed by atoms with Gasteiger partial charge in [-0.3, -0.25) is 10.1 Å². The van der Waals surface area contributed by atoms with Crippen LogP contribution in [0.2, 0.25) is 0 Å². The Kier molecular flexibility index (Phi) is 2.92. The molecule has 1 rings (SSSR count). The third-order valence-corrected chi connectivity index (χ3v) is 3.14. The minimum atomic E-state index is -0.486. The molecular formula is C7H6Br2N2O2. The molecule has 0 heterocycles. The topological polar surface area (TPSA) is 69.2 Å². The molecular weight excluding hydrogens is 304 g/mol. The van der Waals surface area contributed by atoms with Crippen molar-refractivity contribution in [2.45, 2.75) is 6.92 Å². The number of nitrogen functional groups attached to an aromatic ring is 1. The van der Waals surface area contributed by atoms with Gasteiger partial charge in [0.25, 0.3) is 5.69 Å². The number of benzene rings is 1. The van der Waals surface area contributed by atoms with E-state index in [2.05, 4.69) is 31.9 Å². The first-order valence-electron chi connectivity index (χ1n) is 3.33. The number of nitrogens with zero attached hydrogens (tertiary/aromatic N) is 1. The molecule has 0 aliphatic carbocycles. The third-order valence-electron chi connectivity index (χ3n) is 1.66. The normalized spacial score (nSPS) is 10.1. The molecule has 2 N–H and O–H groups in total. The average molecular weight is 310 g/mol. The highest BCUT2D eigenvalue weighted by molar-refractivity contribution is 9.11. The van der Waals surface area contributed by atoms with Gasteiger partial charge in [0, 0.05) is 14.5 Å². The van der Waals surface area contributed by atoms with Crippen molar-refractivity contribution >= 4 is 43.2 Å². The number of hydrogen-bond donors (Lipinski definition) is 1. The molecule has 0 bridgehead atoms. The van der Waals surface area contributed by atoms with Gasteiger partial charge in [-0.05, 0) is 28.9 Å². The Morgan fingerprint density at radius 1 is 1.46 bits per heavy atom. The summed E-state index contributed by atoms with van der Waals surface area (Å²) in [4.78, 5) is 10.1. The van der Waals surface area contributed by atoms with Crippen molar-refractivity contribution in [2.24, 2.45) is 0 Å². The maximum absolute atomic E-state index is 10.6. The first kappa shape index (κ1) is 10.5. The van der Waals surface area contributed by atoms with Gasteiger partial charge in [0.05, 0.1) is 4.92 Å². The minimum absolute atomic E-state index is 0.0544. The van der Waals surface area contributed by atoms with Gasteiger partial charge in [-0.25, -0.2) is 0 Å². The number of anilines is 1. The van der Waals surface area contributed by atoms with Gasteiger partial charge >= 0.3 is 0 Å². The van der Waals surface area contributed by atoms with E-state index in [1.807, 2.05) is 0 Å². The van der Waals surface area contributed by atoms with Crippen LogP contribution in [0.1, 0.15) is 5.56 Å². The zero-order valence-electron chi connectivity index (χ0n) is 6.67. The van der Waals surface area contributed by atoms with Gasteiger partial charge in [0.2, 0.25) is 0 Å². The summed E-state index contributed by atoms with van der Waals surface area (Å²) in [6, 6.07) is 1.69. The molecule has 1 aromatic carbocycles. The smallest absolute Gasteiger partial charge is 0.297 e. The Balaban J connectivity index is 3.56. The number of nitro groups is 1. The maximum atomic E-state index is 10.6. The molecule has 0 fully saturated rings. The van der Waals surface area contributed by atoms with E-state index >= 15 is 0 Å². The summed E-state index contributed by atoms with van der Waals surface area (Å²) in [5, 5.41) is 10.6. The number of halogens is 2. The lowest BCUT2D eigenvalue weighted by atomic mass is 10.2. The monoisotopic (exact) mass is 308 g/mol. The predicted octanol–water partition coefficient (Wildman–Crippen LogP) is 3.01. The fraction of sp³-hybridized carbons (Fsp3) is 0.143. The minimum Gasteiger partial charge on any atom is -0.392 e. The average Bonchev–Trinajstić information content (AvgIpc) is 2.01. The molecule has 0 aliphatic heterocycles. The van der Waals surface area contributed by atoms with E-state index in [1.165, 1.54) is 0 Å². The fourth-order valence-electron chi connectivity index (χ4n) is 0.961. The fourth-order valence-corrected chi connectivity index (χ4v) is 2.10. The van der Waals surface area contributed by atoms with Crippen LogP contribution in [0.25, 0.3) is 0 Å². The van der Waals surface area contributed by atoms with E-state index in [-0.39, 0.29) is 11.4 Å². The molecule has 0 unspecified atom stereocenters. The van der Waals surface area contributed by atoms with Crippen LogP contribution in [0, 0.1) is 17.0 Å². The summed E-state index contributed by atoms with van der Waals surface area (Å²) in [7, 11) is 0. The van der Waals surface area contributed by atoms with E-state index in [1.54, 1.807) is 13.0 Å². The van der Waals surface area contributed by atoms with Crippen molar-refractivity contribution in [3.8, 4) is 0 Å². The van der Waals surface area contributed by atoms with Crippen LogP contribution >= 0.6 is 31.9 Å². The van der Waals surface area contributed by atoms with Crippen molar-refractivity contribution in [1.82, 2.24) is 0 Å². The third kappa shape index (κ3) is 1.83. The highest BCUT2D eigenvalue weighted by atomic mass is 79.9. The number of hydrogen-bond acceptors (Lipinski definition) is 3. The van der Waals surface area contributed by atoms with Crippen LogP contribution in [0.3, 0.4) is 0 Å². The van der Waals surface area contributed by atoms with Gasteiger partial charge in [0.15, 0.2) is 0 Å². The molecule has 70 valence electrons. The first-order chi connectivity index (χ1) is 5.95. The van der Waals surface area contributed by atoms with Crippen molar-refractivity contribution in [1.29, 1.82) is 0 Å². The molecule has 0 atom stereocenters. The Morgan fingerprint density at radius 3 is 2.46 bits per heavy atom. The lowest BCUT2D eigenvalue weighted by molar-refractivity contribution is -0.384. The number of rotatable bonds is 1. The zero-order valence-corrected chi connectivity index (χ0v) is 9.85. The van der Waals surface area contributed by atoms with Crippen LogP contribution in [-0.4, -0.2) is 4.92 Å². The molecule has 13 heavy (non-hydrogen) atoms. The molecule has 0 saturated heterocycles. The molecule has 0 aliphatic rings. The van der Waals surface area contributed by atoms with Crippen molar-refractivity contribution in [2.75, 3.05) is 5.73 Å². The highest BCUT2D eigenvalue weighted by Crippen LogP contribution is 2.37. The number of nitrogens with two attached hydrogens (primary N) is 1. The molecule has 6 heteroatoms. The van der Waals surface area contributed by atoms with Crippen LogP contribution in [0.4, 0.5) is 11.4 Å². The standard InChI is InChI=1S/C7H6Br2N2O2/c1-3-4(8)2-5(9)6(10)7(3)11(12)13/h2H,10H2,1H3. The maximum Gasteiger partial charge on any atom is 0.297 e. The summed E-state index contributed by atoms with van der Waals surface area (Å²) in [5.41, 5.74) is 6.18. The molecule has 0 radical (unpaired) electrons. The Labute approximate surface area is 91.5 Å². The van der Waals surface area contributed by atoms with Crippen LogP contribution in [0.5, 0.6) is 0 Å². The molecule has 1 aromatic rings. The van der Waals surface area contributed by atoms with Gasteiger partial charge in [-0.1, -0.05) is 15.9 Å². The SMILES string of the molecule is Cc1c(Br)cc(Br)c(N)c1[N+](=O)[O-]. The Bertz CT molecular complexity index is 353. The lowest BCUT2D eigenvalue weighted by Gasteiger charge is -2.04. The van der Waals surface area contributed by atoms with Gasteiger partial charge in [-0.15, -0.1) is 0 Å². The zero-order chi connectivity index (χ0) is 10.2. The number of nitro benzene ring substituents is 1.